The molecule has 0 saturated heterocycles. The second-order valence-electron chi connectivity index (χ2n) is 5.61. The molecule has 1 amide bonds. The van der Waals surface area contributed by atoms with Crippen LogP contribution in [0.2, 0.25) is 0 Å². The van der Waals surface area contributed by atoms with Crippen molar-refractivity contribution in [2.45, 2.75) is 12.6 Å². The van der Waals surface area contributed by atoms with Crippen LogP contribution in [0.4, 0.5) is 0 Å². The van der Waals surface area contributed by atoms with Gasteiger partial charge < -0.3 is 10.1 Å². The first kappa shape index (κ1) is 17.2. The third-order valence-electron chi connectivity index (χ3n) is 3.54. The molecule has 4 nitrogen and oxygen atoms in total. The van der Waals surface area contributed by atoms with Crippen LogP contribution < -0.4 is 5.32 Å². The van der Waals surface area contributed by atoms with Gasteiger partial charge >= 0.3 is 0 Å². The average molecular weight is 312 g/mol. The van der Waals surface area contributed by atoms with E-state index in [-0.39, 0.29) is 11.9 Å². The number of carbonyl (C=O) groups excluding carboxylic acids is 1. The highest BCUT2D eigenvalue weighted by atomic mass is 16.5. The molecule has 122 valence electrons. The number of hydrogen-bond acceptors (Lipinski definition) is 3. The van der Waals surface area contributed by atoms with E-state index < -0.39 is 0 Å². The van der Waals surface area contributed by atoms with E-state index in [0.29, 0.717) is 19.8 Å². The highest BCUT2D eigenvalue weighted by Gasteiger charge is 2.21. The predicted octanol–water partition coefficient (Wildman–Crippen LogP) is 2.62. The number of carbonyl (C=O) groups is 1. The van der Waals surface area contributed by atoms with Crippen molar-refractivity contribution in [3.05, 3.63) is 71.8 Å². The number of benzene rings is 2. The summed E-state index contributed by atoms with van der Waals surface area (Å²) in [5, 5.41) is 2.94. The molecule has 1 atom stereocenters. The van der Waals surface area contributed by atoms with Crippen molar-refractivity contribution >= 4 is 5.91 Å². The van der Waals surface area contributed by atoms with Gasteiger partial charge in [-0.05, 0) is 25.2 Å². The van der Waals surface area contributed by atoms with E-state index in [4.69, 9.17) is 4.74 Å². The molecule has 23 heavy (non-hydrogen) atoms. The standard InChI is InChI=1S/C19H24N2O2/c1-21(2)18(17-11-7-4-8-12-17)19(22)20-13-14-23-15-16-9-5-3-6-10-16/h3-12,18H,13-15H2,1-2H3,(H,20,22)/t18-/m0/s1. The number of rotatable bonds is 8. The number of likely N-dealkylation sites (N-methyl/N-ethyl adjacent to an activating group) is 1. The Morgan fingerprint density at radius 1 is 1.04 bits per heavy atom. The Labute approximate surface area is 138 Å². The lowest BCUT2D eigenvalue weighted by atomic mass is 10.1. The molecule has 2 aromatic carbocycles. The Balaban J connectivity index is 1.76. The maximum atomic E-state index is 12.4. The topological polar surface area (TPSA) is 41.6 Å². The van der Waals surface area contributed by atoms with E-state index in [2.05, 4.69) is 5.32 Å². The lowest BCUT2D eigenvalue weighted by molar-refractivity contribution is -0.126. The molecule has 2 aromatic rings. The van der Waals surface area contributed by atoms with Crippen molar-refractivity contribution in [1.29, 1.82) is 0 Å². The summed E-state index contributed by atoms with van der Waals surface area (Å²) in [4.78, 5) is 14.3. The van der Waals surface area contributed by atoms with Gasteiger partial charge in [0.05, 0.1) is 13.2 Å². The quantitative estimate of drug-likeness (QED) is 0.762. The second-order valence-corrected chi connectivity index (χ2v) is 5.61. The Morgan fingerprint density at radius 2 is 1.65 bits per heavy atom. The van der Waals surface area contributed by atoms with Gasteiger partial charge in [0.25, 0.3) is 0 Å². The van der Waals surface area contributed by atoms with Crippen LogP contribution in [0.15, 0.2) is 60.7 Å². The van der Waals surface area contributed by atoms with Crippen LogP contribution >= 0.6 is 0 Å². The van der Waals surface area contributed by atoms with Crippen LogP contribution in [0.25, 0.3) is 0 Å². The van der Waals surface area contributed by atoms with Crippen LogP contribution in [0, 0.1) is 0 Å². The molecule has 0 saturated carbocycles. The Hall–Kier alpha value is -2.17. The largest absolute Gasteiger partial charge is 0.375 e. The second kappa shape index (κ2) is 9.08. The minimum absolute atomic E-state index is 0.00971. The van der Waals surface area contributed by atoms with Gasteiger partial charge in [0.2, 0.25) is 5.91 Å². The summed E-state index contributed by atoms with van der Waals surface area (Å²) in [7, 11) is 3.81. The summed E-state index contributed by atoms with van der Waals surface area (Å²) in [6.07, 6.45) is 0. The number of nitrogens with one attached hydrogen (secondary N) is 1. The number of hydrogen-bond donors (Lipinski definition) is 1. The minimum Gasteiger partial charge on any atom is -0.375 e. The summed E-state index contributed by atoms with van der Waals surface area (Å²) < 4.78 is 5.59. The van der Waals surface area contributed by atoms with E-state index >= 15 is 0 Å². The summed E-state index contributed by atoms with van der Waals surface area (Å²) in [5.74, 6) is -0.00971. The van der Waals surface area contributed by atoms with E-state index in [9.17, 15) is 4.79 Å². The molecule has 0 aliphatic rings. The fraction of sp³-hybridized carbons (Fsp3) is 0.316. The van der Waals surface area contributed by atoms with E-state index in [1.165, 1.54) is 0 Å². The molecule has 0 unspecified atom stereocenters. The highest BCUT2D eigenvalue weighted by Crippen LogP contribution is 2.17. The lowest BCUT2D eigenvalue weighted by Gasteiger charge is -2.23. The van der Waals surface area contributed by atoms with Crippen LogP contribution in [0.5, 0.6) is 0 Å². The summed E-state index contributed by atoms with van der Waals surface area (Å²) >= 11 is 0. The fourth-order valence-electron chi connectivity index (χ4n) is 2.43. The van der Waals surface area contributed by atoms with E-state index in [1.54, 1.807) is 0 Å². The molecule has 0 spiro atoms. The third kappa shape index (κ3) is 5.51. The first-order valence-electron chi connectivity index (χ1n) is 7.79. The zero-order valence-corrected chi connectivity index (χ0v) is 13.7. The molecule has 0 heterocycles. The van der Waals surface area contributed by atoms with Crippen molar-refractivity contribution in [1.82, 2.24) is 10.2 Å². The van der Waals surface area contributed by atoms with Crippen LogP contribution in [-0.2, 0) is 16.1 Å². The Bertz CT molecular complexity index is 585. The lowest BCUT2D eigenvalue weighted by Crippen LogP contribution is -2.38. The highest BCUT2D eigenvalue weighted by molar-refractivity contribution is 5.83. The van der Waals surface area contributed by atoms with Crippen molar-refractivity contribution in [3.63, 3.8) is 0 Å². The van der Waals surface area contributed by atoms with Gasteiger partial charge in [0.1, 0.15) is 6.04 Å². The van der Waals surface area contributed by atoms with Gasteiger partial charge in [0, 0.05) is 6.54 Å². The van der Waals surface area contributed by atoms with Gasteiger partial charge in [-0.3, -0.25) is 9.69 Å². The summed E-state index contributed by atoms with van der Waals surface area (Å²) in [5.41, 5.74) is 2.12. The molecule has 2 rings (SSSR count). The van der Waals surface area contributed by atoms with Crippen molar-refractivity contribution in [2.75, 3.05) is 27.2 Å². The zero-order chi connectivity index (χ0) is 16.5. The molecule has 0 aliphatic heterocycles. The minimum atomic E-state index is -0.287. The first-order valence-corrected chi connectivity index (χ1v) is 7.79. The number of amides is 1. The van der Waals surface area contributed by atoms with Crippen LogP contribution in [0.3, 0.4) is 0 Å². The third-order valence-corrected chi connectivity index (χ3v) is 3.54. The van der Waals surface area contributed by atoms with Gasteiger partial charge in [-0.2, -0.15) is 0 Å². The van der Waals surface area contributed by atoms with Crippen LogP contribution in [-0.4, -0.2) is 38.1 Å². The molecule has 0 bridgehead atoms. The molecular formula is C19H24N2O2. The first-order chi connectivity index (χ1) is 11.2. The van der Waals surface area contributed by atoms with Crippen molar-refractivity contribution < 1.29 is 9.53 Å². The molecule has 4 heteroatoms. The maximum Gasteiger partial charge on any atom is 0.242 e. The SMILES string of the molecule is CN(C)[C@H](C(=O)NCCOCc1ccccc1)c1ccccc1. The average Bonchev–Trinajstić information content (AvgIpc) is 2.56. The molecule has 1 N–H and O–H groups in total. The van der Waals surface area contributed by atoms with Crippen LogP contribution in [0.1, 0.15) is 17.2 Å². The van der Waals surface area contributed by atoms with Gasteiger partial charge in [-0.25, -0.2) is 0 Å². The predicted molar refractivity (Wildman–Crippen MR) is 92.0 cm³/mol. The molecular weight excluding hydrogens is 288 g/mol. The summed E-state index contributed by atoms with van der Waals surface area (Å²) in [6, 6.07) is 19.5. The van der Waals surface area contributed by atoms with E-state index in [1.807, 2.05) is 79.7 Å². The Kier molecular flexibility index (Phi) is 6.78. The van der Waals surface area contributed by atoms with Gasteiger partial charge in [0.15, 0.2) is 0 Å². The molecule has 0 aromatic heterocycles. The fourth-order valence-corrected chi connectivity index (χ4v) is 2.43. The van der Waals surface area contributed by atoms with E-state index in [0.717, 1.165) is 11.1 Å². The zero-order valence-electron chi connectivity index (χ0n) is 13.7. The maximum absolute atomic E-state index is 12.4. The van der Waals surface area contributed by atoms with Gasteiger partial charge in [-0.1, -0.05) is 60.7 Å². The smallest absolute Gasteiger partial charge is 0.242 e. The number of nitrogens with zero attached hydrogens (tertiary/aromatic N) is 1. The molecule has 0 fully saturated rings. The monoisotopic (exact) mass is 312 g/mol. The molecule has 0 radical (unpaired) electrons. The Morgan fingerprint density at radius 3 is 2.26 bits per heavy atom. The van der Waals surface area contributed by atoms with Crippen molar-refractivity contribution in [3.8, 4) is 0 Å². The molecule has 0 aliphatic carbocycles. The number of ether oxygens (including phenoxy) is 1. The van der Waals surface area contributed by atoms with Gasteiger partial charge in [-0.15, -0.1) is 0 Å². The summed E-state index contributed by atoms with van der Waals surface area (Å²) in [6.45, 7) is 1.56. The van der Waals surface area contributed by atoms with Crippen molar-refractivity contribution in [2.24, 2.45) is 0 Å². The normalized spacial score (nSPS) is 12.1.